The molecule has 0 aliphatic heterocycles. The quantitative estimate of drug-likeness (QED) is 0.903. The summed E-state index contributed by atoms with van der Waals surface area (Å²) in [7, 11) is 0. The molecule has 0 saturated carbocycles. The van der Waals surface area contributed by atoms with E-state index in [4.69, 9.17) is 5.11 Å². The van der Waals surface area contributed by atoms with Crippen molar-refractivity contribution in [3.05, 3.63) is 57.8 Å². The van der Waals surface area contributed by atoms with E-state index in [1.807, 2.05) is 0 Å². The molecule has 0 unspecified atom stereocenters. The van der Waals surface area contributed by atoms with Gasteiger partial charge in [-0.3, -0.25) is 4.79 Å². The average molecular weight is 335 g/mol. The van der Waals surface area contributed by atoms with Crippen LogP contribution < -0.4 is 5.32 Å². The fourth-order valence-electron chi connectivity index (χ4n) is 1.69. The monoisotopic (exact) mass is 334 g/mol. The number of carbonyl (C=O) groups is 2. The van der Waals surface area contributed by atoms with Gasteiger partial charge in [0.25, 0.3) is 5.91 Å². The molecular formula is C14H11BrN2O3. The van der Waals surface area contributed by atoms with Gasteiger partial charge in [0, 0.05) is 16.4 Å². The molecule has 1 amide bonds. The Morgan fingerprint density at radius 2 is 2.00 bits per heavy atom. The number of nitrogens with zero attached hydrogens (tertiary/aromatic N) is 1. The summed E-state index contributed by atoms with van der Waals surface area (Å²) in [6.07, 6.45) is 1.54. The maximum absolute atomic E-state index is 12.0. The van der Waals surface area contributed by atoms with Crippen molar-refractivity contribution >= 4 is 33.5 Å². The Kier molecular flexibility index (Phi) is 4.14. The molecule has 0 spiro atoms. The number of carboxylic acid groups (broad SMARTS) is 1. The molecule has 1 aromatic carbocycles. The van der Waals surface area contributed by atoms with Gasteiger partial charge < -0.3 is 10.4 Å². The maximum Gasteiger partial charge on any atom is 0.335 e. The molecule has 0 saturated heterocycles. The number of pyridine rings is 1. The lowest BCUT2D eigenvalue weighted by atomic mass is 10.1. The van der Waals surface area contributed by atoms with Crippen molar-refractivity contribution in [1.29, 1.82) is 0 Å². The molecule has 0 atom stereocenters. The molecule has 2 N–H and O–H groups in total. The van der Waals surface area contributed by atoms with Crippen LogP contribution in [-0.4, -0.2) is 22.0 Å². The second-order valence-corrected chi connectivity index (χ2v) is 5.07. The van der Waals surface area contributed by atoms with E-state index in [-0.39, 0.29) is 17.2 Å². The first-order valence-electron chi connectivity index (χ1n) is 5.74. The van der Waals surface area contributed by atoms with Gasteiger partial charge in [-0.05, 0) is 58.7 Å². The molecule has 0 fully saturated rings. The molecule has 0 aliphatic carbocycles. The molecule has 102 valence electrons. The van der Waals surface area contributed by atoms with Crippen LogP contribution >= 0.6 is 15.9 Å². The van der Waals surface area contributed by atoms with Gasteiger partial charge >= 0.3 is 5.97 Å². The number of hydrogen-bond donors (Lipinski definition) is 2. The lowest BCUT2D eigenvalue weighted by Crippen LogP contribution is -2.14. The predicted molar refractivity (Wildman–Crippen MR) is 78.0 cm³/mol. The highest BCUT2D eigenvalue weighted by atomic mass is 79.9. The number of rotatable bonds is 3. The number of carboxylic acids is 1. The molecule has 2 aromatic rings. The molecule has 0 radical (unpaired) electrons. The SMILES string of the molecule is Cc1cc(NC(=O)c2ccc(Br)cn2)ccc1C(=O)O. The topological polar surface area (TPSA) is 79.3 Å². The number of nitrogens with one attached hydrogen (secondary N) is 1. The van der Waals surface area contributed by atoms with Crippen molar-refractivity contribution in [3.63, 3.8) is 0 Å². The molecule has 5 nitrogen and oxygen atoms in total. The minimum Gasteiger partial charge on any atom is -0.478 e. The van der Waals surface area contributed by atoms with E-state index < -0.39 is 5.97 Å². The van der Waals surface area contributed by atoms with E-state index in [1.165, 1.54) is 12.3 Å². The van der Waals surface area contributed by atoms with E-state index in [2.05, 4.69) is 26.2 Å². The number of aromatic nitrogens is 1. The highest BCUT2D eigenvalue weighted by Gasteiger charge is 2.10. The fourth-order valence-corrected chi connectivity index (χ4v) is 1.92. The lowest BCUT2D eigenvalue weighted by molar-refractivity contribution is 0.0696. The van der Waals surface area contributed by atoms with Crippen LogP contribution in [0.4, 0.5) is 5.69 Å². The van der Waals surface area contributed by atoms with Gasteiger partial charge in [-0.2, -0.15) is 0 Å². The zero-order chi connectivity index (χ0) is 14.7. The molecule has 1 aromatic heterocycles. The number of halogens is 1. The van der Waals surface area contributed by atoms with Crippen LogP contribution in [0.2, 0.25) is 0 Å². The van der Waals surface area contributed by atoms with Gasteiger partial charge in [-0.1, -0.05) is 0 Å². The van der Waals surface area contributed by atoms with Crippen LogP contribution in [0.3, 0.4) is 0 Å². The zero-order valence-corrected chi connectivity index (χ0v) is 12.1. The third-order valence-electron chi connectivity index (χ3n) is 2.67. The number of amides is 1. The first-order valence-corrected chi connectivity index (χ1v) is 6.53. The molecule has 20 heavy (non-hydrogen) atoms. The van der Waals surface area contributed by atoms with Crippen LogP contribution in [-0.2, 0) is 0 Å². The van der Waals surface area contributed by atoms with Crippen LogP contribution in [0.15, 0.2) is 41.0 Å². The smallest absolute Gasteiger partial charge is 0.335 e. The molecule has 0 bridgehead atoms. The van der Waals surface area contributed by atoms with Crippen molar-refractivity contribution < 1.29 is 14.7 Å². The summed E-state index contributed by atoms with van der Waals surface area (Å²) in [6, 6.07) is 7.94. The predicted octanol–water partition coefficient (Wildman–Crippen LogP) is 3.10. The second kappa shape index (κ2) is 5.83. The standard InChI is InChI=1S/C14H11BrN2O3/c1-8-6-10(3-4-11(8)14(19)20)17-13(18)12-5-2-9(15)7-16-12/h2-7H,1H3,(H,17,18)(H,19,20). The third kappa shape index (κ3) is 3.21. The van der Waals surface area contributed by atoms with Crippen LogP contribution in [0, 0.1) is 6.92 Å². The molecule has 6 heteroatoms. The highest BCUT2D eigenvalue weighted by Crippen LogP contribution is 2.16. The van der Waals surface area contributed by atoms with E-state index in [0.29, 0.717) is 11.3 Å². The van der Waals surface area contributed by atoms with Gasteiger partial charge in [0.15, 0.2) is 0 Å². The Balaban J connectivity index is 2.18. The Morgan fingerprint density at radius 1 is 1.25 bits per heavy atom. The summed E-state index contributed by atoms with van der Waals surface area (Å²) in [6.45, 7) is 1.68. The average Bonchev–Trinajstić information content (AvgIpc) is 2.39. The Labute approximate surface area is 123 Å². The zero-order valence-electron chi connectivity index (χ0n) is 10.6. The van der Waals surface area contributed by atoms with Crippen LogP contribution in [0.25, 0.3) is 0 Å². The Bertz CT molecular complexity index is 669. The number of aromatic carboxylic acids is 1. The van der Waals surface area contributed by atoms with Gasteiger partial charge in [0.1, 0.15) is 5.69 Å². The number of carbonyl (C=O) groups excluding carboxylic acids is 1. The Hall–Kier alpha value is -2.21. The number of benzene rings is 1. The van der Waals surface area contributed by atoms with Crippen molar-refractivity contribution in [2.75, 3.05) is 5.32 Å². The fraction of sp³-hybridized carbons (Fsp3) is 0.0714. The minimum atomic E-state index is -0.991. The first-order chi connectivity index (χ1) is 9.47. The summed E-state index contributed by atoms with van der Waals surface area (Å²) in [5.41, 5.74) is 1.61. The maximum atomic E-state index is 12.0. The van der Waals surface area contributed by atoms with Gasteiger partial charge in [0.05, 0.1) is 5.56 Å². The minimum absolute atomic E-state index is 0.213. The van der Waals surface area contributed by atoms with Crippen molar-refractivity contribution in [2.45, 2.75) is 6.92 Å². The molecule has 0 aliphatic rings. The third-order valence-corrected chi connectivity index (χ3v) is 3.14. The van der Waals surface area contributed by atoms with Crippen LogP contribution in [0.1, 0.15) is 26.4 Å². The summed E-state index contributed by atoms with van der Waals surface area (Å²) in [5.74, 6) is -1.34. The first kappa shape index (κ1) is 14.2. The number of anilines is 1. The van der Waals surface area contributed by atoms with Gasteiger partial charge in [-0.15, -0.1) is 0 Å². The van der Waals surface area contributed by atoms with Crippen LogP contribution in [0.5, 0.6) is 0 Å². The van der Waals surface area contributed by atoms with Crippen molar-refractivity contribution in [1.82, 2.24) is 4.98 Å². The van der Waals surface area contributed by atoms with E-state index >= 15 is 0 Å². The second-order valence-electron chi connectivity index (χ2n) is 4.15. The molecule has 1 heterocycles. The Morgan fingerprint density at radius 3 is 2.55 bits per heavy atom. The largest absolute Gasteiger partial charge is 0.478 e. The molecule has 2 rings (SSSR count). The van der Waals surface area contributed by atoms with Crippen molar-refractivity contribution in [2.24, 2.45) is 0 Å². The van der Waals surface area contributed by atoms with E-state index in [0.717, 1.165) is 4.47 Å². The van der Waals surface area contributed by atoms with Crippen molar-refractivity contribution in [3.8, 4) is 0 Å². The summed E-state index contributed by atoms with van der Waals surface area (Å²) in [4.78, 5) is 26.8. The number of aryl methyl sites for hydroxylation is 1. The summed E-state index contributed by atoms with van der Waals surface area (Å²) < 4.78 is 0.788. The highest BCUT2D eigenvalue weighted by molar-refractivity contribution is 9.10. The van der Waals surface area contributed by atoms with E-state index in [9.17, 15) is 9.59 Å². The molecular weight excluding hydrogens is 324 g/mol. The summed E-state index contributed by atoms with van der Waals surface area (Å²) in [5, 5.41) is 11.6. The lowest BCUT2D eigenvalue weighted by Gasteiger charge is -2.07. The van der Waals surface area contributed by atoms with Gasteiger partial charge in [-0.25, -0.2) is 9.78 Å². The van der Waals surface area contributed by atoms with E-state index in [1.54, 1.807) is 31.2 Å². The normalized spacial score (nSPS) is 10.1. The summed E-state index contributed by atoms with van der Waals surface area (Å²) >= 11 is 3.24. The van der Waals surface area contributed by atoms with Gasteiger partial charge in [0.2, 0.25) is 0 Å². The number of hydrogen-bond acceptors (Lipinski definition) is 3.